The molecular formula is C13H13N5O2S. The Morgan fingerprint density at radius 1 is 1.19 bits per heavy atom. The average molecular weight is 303 g/mol. The molecule has 0 fully saturated rings. The van der Waals surface area contributed by atoms with Crippen molar-refractivity contribution < 1.29 is 8.42 Å². The number of aryl methyl sites for hydroxylation is 1. The minimum absolute atomic E-state index is 0.268. The van der Waals surface area contributed by atoms with Crippen LogP contribution >= 0.6 is 0 Å². The quantitative estimate of drug-likeness (QED) is 0.760. The van der Waals surface area contributed by atoms with Crippen LogP contribution in [0.25, 0.3) is 22.3 Å². The number of hydrogen-bond donors (Lipinski definition) is 1. The standard InChI is InChI=1S/C13H13N5O2S/c1-8-7-10(9-5-3-4-6-11(9)15-8)12-16-17-13(18(12)2)21(14,19)20/h3-7H,1-2H3,(H2,14,19,20). The Morgan fingerprint density at radius 3 is 2.57 bits per heavy atom. The molecule has 0 aliphatic heterocycles. The van der Waals surface area contributed by atoms with Gasteiger partial charge in [-0.1, -0.05) is 18.2 Å². The van der Waals surface area contributed by atoms with E-state index in [9.17, 15) is 8.42 Å². The van der Waals surface area contributed by atoms with Crippen molar-refractivity contribution in [3.63, 3.8) is 0 Å². The summed E-state index contributed by atoms with van der Waals surface area (Å²) in [5, 5.41) is 13.4. The van der Waals surface area contributed by atoms with Gasteiger partial charge in [-0.05, 0) is 19.1 Å². The van der Waals surface area contributed by atoms with E-state index in [-0.39, 0.29) is 5.16 Å². The van der Waals surface area contributed by atoms with Gasteiger partial charge in [0.1, 0.15) is 0 Å². The number of benzene rings is 1. The molecule has 0 unspecified atom stereocenters. The minimum Gasteiger partial charge on any atom is -0.300 e. The Balaban J connectivity index is 2.34. The van der Waals surface area contributed by atoms with E-state index in [4.69, 9.17) is 5.14 Å². The van der Waals surface area contributed by atoms with E-state index in [2.05, 4.69) is 15.2 Å². The van der Waals surface area contributed by atoms with Crippen LogP contribution in [0.4, 0.5) is 0 Å². The Morgan fingerprint density at radius 2 is 1.90 bits per heavy atom. The number of nitrogens with zero attached hydrogens (tertiary/aromatic N) is 4. The molecule has 2 aromatic heterocycles. The first kappa shape index (κ1) is 13.7. The van der Waals surface area contributed by atoms with Crippen LogP contribution in [0.5, 0.6) is 0 Å². The predicted octanol–water partition coefficient (Wildman–Crippen LogP) is 0.986. The molecule has 0 aliphatic rings. The van der Waals surface area contributed by atoms with Gasteiger partial charge in [-0.2, -0.15) is 0 Å². The molecule has 1 aromatic carbocycles. The molecule has 0 bridgehead atoms. The zero-order valence-corrected chi connectivity index (χ0v) is 12.3. The Hall–Kier alpha value is -2.32. The highest BCUT2D eigenvalue weighted by atomic mass is 32.2. The number of hydrogen-bond acceptors (Lipinski definition) is 5. The third kappa shape index (κ3) is 2.28. The normalized spacial score (nSPS) is 12.0. The molecule has 3 rings (SSSR count). The van der Waals surface area contributed by atoms with E-state index in [1.165, 1.54) is 4.57 Å². The topological polar surface area (TPSA) is 104 Å². The number of fused-ring (bicyclic) bond motifs is 1. The summed E-state index contributed by atoms with van der Waals surface area (Å²) in [5.74, 6) is 0.431. The van der Waals surface area contributed by atoms with Gasteiger partial charge in [-0.3, -0.25) is 9.55 Å². The zero-order chi connectivity index (χ0) is 15.2. The lowest BCUT2D eigenvalue weighted by molar-refractivity contribution is 0.580. The first-order valence-corrected chi connectivity index (χ1v) is 7.71. The first-order valence-electron chi connectivity index (χ1n) is 6.17. The monoisotopic (exact) mass is 303 g/mol. The second-order valence-electron chi connectivity index (χ2n) is 4.74. The van der Waals surface area contributed by atoms with Crippen LogP contribution in [0.15, 0.2) is 35.5 Å². The fourth-order valence-electron chi connectivity index (χ4n) is 2.29. The first-order chi connectivity index (χ1) is 9.88. The van der Waals surface area contributed by atoms with Crippen molar-refractivity contribution in [1.29, 1.82) is 0 Å². The molecule has 21 heavy (non-hydrogen) atoms. The molecule has 2 heterocycles. The second kappa shape index (κ2) is 4.61. The maximum Gasteiger partial charge on any atom is 0.273 e. The van der Waals surface area contributed by atoms with E-state index >= 15 is 0 Å². The number of primary sulfonamides is 1. The molecule has 0 amide bonds. The lowest BCUT2D eigenvalue weighted by Gasteiger charge is -2.07. The number of aromatic nitrogens is 4. The summed E-state index contributed by atoms with van der Waals surface area (Å²) in [6.45, 7) is 1.87. The van der Waals surface area contributed by atoms with E-state index < -0.39 is 10.0 Å². The molecule has 0 saturated heterocycles. The molecule has 0 aliphatic carbocycles. The van der Waals surface area contributed by atoms with Crippen molar-refractivity contribution in [2.24, 2.45) is 12.2 Å². The summed E-state index contributed by atoms with van der Waals surface area (Å²) in [6.07, 6.45) is 0. The van der Waals surface area contributed by atoms with Crippen LogP contribution in [0.2, 0.25) is 0 Å². The summed E-state index contributed by atoms with van der Waals surface area (Å²) in [7, 11) is -2.34. The van der Waals surface area contributed by atoms with Gasteiger partial charge in [-0.25, -0.2) is 13.6 Å². The summed E-state index contributed by atoms with van der Waals surface area (Å²) in [4.78, 5) is 4.45. The van der Waals surface area contributed by atoms with Crippen LogP contribution in [0, 0.1) is 6.92 Å². The third-order valence-corrected chi connectivity index (χ3v) is 4.04. The number of pyridine rings is 1. The van der Waals surface area contributed by atoms with Gasteiger partial charge in [0.2, 0.25) is 0 Å². The molecule has 7 nitrogen and oxygen atoms in total. The molecule has 0 radical (unpaired) electrons. The van der Waals surface area contributed by atoms with E-state index in [1.54, 1.807) is 7.05 Å². The highest BCUT2D eigenvalue weighted by molar-refractivity contribution is 7.89. The van der Waals surface area contributed by atoms with Gasteiger partial charge in [0.15, 0.2) is 5.82 Å². The van der Waals surface area contributed by atoms with Crippen molar-refractivity contribution in [2.75, 3.05) is 0 Å². The number of nitrogens with two attached hydrogens (primary N) is 1. The third-order valence-electron chi connectivity index (χ3n) is 3.17. The number of rotatable bonds is 2. The Bertz CT molecular complexity index is 946. The molecule has 0 spiro atoms. The van der Waals surface area contributed by atoms with Gasteiger partial charge < -0.3 is 0 Å². The van der Waals surface area contributed by atoms with Crippen LogP contribution in [-0.4, -0.2) is 28.2 Å². The molecular weight excluding hydrogens is 290 g/mol. The van der Waals surface area contributed by atoms with Crippen molar-refractivity contribution >= 4 is 20.9 Å². The minimum atomic E-state index is -3.91. The summed E-state index contributed by atoms with van der Waals surface area (Å²) in [5.41, 5.74) is 2.39. The zero-order valence-electron chi connectivity index (χ0n) is 11.5. The second-order valence-corrected chi connectivity index (χ2v) is 6.19. The lowest BCUT2D eigenvalue weighted by atomic mass is 10.1. The lowest BCUT2D eigenvalue weighted by Crippen LogP contribution is -2.17. The van der Waals surface area contributed by atoms with Crippen LogP contribution in [0.1, 0.15) is 5.69 Å². The molecule has 2 N–H and O–H groups in total. The van der Waals surface area contributed by atoms with Crippen LogP contribution in [0.3, 0.4) is 0 Å². The fourth-order valence-corrected chi connectivity index (χ4v) is 2.91. The van der Waals surface area contributed by atoms with Crippen LogP contribution < -0.4 is 5.14 Å². The molecule has 8 heteroatoms. The number of para-hydroxylation sites is 1. The molecule has 0 saturated carbocycles. The highest BCUT2D eigenvalue weighted by Crippen LogP contribution is 2.27. The van der Waals surface area contributed by atoms with Gasteiger partial charge in [0.05, 0.1) is 5.52 Å². The van der Waals surface area contributed by atoms with Crippen molar-refractivity contribution in [3.8, 4) is 11.4 Å². The van der Waals surface area contributed by atoms with Crippen LogP contribution in [-0.2, 0) is 17.1 Å². The van der Waals surface area contributed by atoms with Gasteiger partial charge in [0.25, 0.3) is 15.2 Å². The largest absolute Gasteiger partial charge is 0.300 e. The Labute approximate surface area is 121 Å². The smallest absolute Gasteiger partial charge is 0.273 e. The van der Waals surface area contributed by atoms with E-state index in [0.717, 1.165) is 22.2 Å². The average Bonchev–Trinajstić information content (AvgIpc) is 2.79. The highest BCUT2D eigenvalue weighted by Gasteiger charge is 2.20. The predicted molar refractivity (Wildman–Crippen MR) is 77.9 cm³/mol. The summed E-state index contributed by atoms with van der Waals surface area (Å²) >= 11 is 0. The molecule has 3 aromatic rings. The van der Waals surface area contributed by atoms with Crippen molar-refractivity contribution in [2.45, 2.75) is 12.1 Å². The summed E-state index contributed by atoms with van der Waals surface area (Å²) < 4.78 is 24.3. The van der Waals surface area contributed by atoms with E-state index in [0.29, 0.717) is 5.82 Å². The maximum atomic E-state index is 11.5. The summed E-state index contributed by atoms with van der Waals surface area (Å²) in [6, 6.07) is 9.43. The van der Waals surface area contributed by atoms with Gasteiger partial charge in [-0.15, -0.1) is 10.2 Å². The van der Waals surface area contributed by atoms with E-state index in [1.807, 2.05) is 37.3 Å². The molecule has 108 valence electrons. The molecule has 0 atom stereocenters. The maximum absolute atomic E-state index is 11.5. The fraction of sp³-hybridized carbons (Fsp3) is 0.154. The van der Waals surface area contributed by atoms with Crippen molar-refractivity contribution in [1.82, 2.24) is 19.7 Å². The SMILES string of the molecule is Cc1cc(-c2nnc(S(N)(=O)=O)n2C)c2ccccc2n1. The Kier molecular flexibility index (Phi) is 2.99. The van der Waals surface area contributed by atoms with Crippen molar-refractivity contribution in [3.05, 3.63) is 36.0 Å². The van der Waals surface area contributed by atoms with Gasteiger partial charge >= 0.3 is 0 Å². The van der Waals surface area contributed by atoms with Gasteiger partial charge in [0, 0.05) is 23.7 Å². The number of sulfonamides is 1.